The predicted molar refractivity (Wildman–Crippen MR) is 80.8 cm³/mol. The molecule has 20 heavy (non-hydrogen) atoms. The van der Waals surface area contributed by atoms with Crippen LogP contribution in [0.4, 0.5) is 0 Å². The van der Waals surface area contributed by atoms with Crippen molar-refractivity contribution in [2.24, 2.45) is 10.9 Å². The highest BCUT2D eigenvalue weighted by Crippen LogP contribution is 2.11. The van der Waals surface area contributed by atoms with Crippen molar-refractivity contribution in [3.63, 3.8) is 0 Å². The lowest BCUT2D eigenvalue weighted by Gasteiger charge is -2.11. The zero-order chi connectivity index (χ0) is 15.0. The summed E-state index contributed by atoms with van der Waals surface area (Å²) in [6.45, 7) is 3.85. The number of oxime groups is 1. The molecule has 0 aliphatic rings. The topological polar surface area (TPSA) is 96.9 Å². The van der Waals surface area contributed by atoms with Crippen LogP contribution >= 0.6 is 0 Å². The van der Waals surface area contributed by atoms with Gasteiger partial charge in [0.25, 0.3) is 0 Å². The molecule has 1 aromatic rings. The van der Waals surface area contributed by atoms with Crippen LogP contribution in [0.2, 0.25) is 0 Å². The number of nitrogens with two attached hydrogens (primary N) is 1. The van der Waals surface area contributed by atoms with Crippen molar-refractivity contribution in [1.82, 2.24) is 5.32 Å². The Kier molecular flexibility index (Phi) is 7.03. The molecule has 0 fully saturated rings. The number of ether oxygens (including phenoxy) is 1. The van der Waals surface area contributed by atoms with E-state index in [0.29, 0.717) is 31.0 Å². The Morgan fingerprint density at radius 2 is 2.15 bits per heavy atom. The molecule has 7 heteroatoms. The highest BCUT2D eigenvalue weighted by molar-refractivity contribution is 7.84. The standard InChI is InChI=1S/C13H21N3O3S/c1-10(20(2)18)9-15-7-8-19-12-5-3-11(4-6-12)13(14)16-17/h3-6,10,15,17H,7-9H2,1-2H3,(H2,14,16). The van der Waals surface area contributed by atoms with Crippen LogP contribution in [0, 0.1) is 0 Å². The smallest absolute Gasteiger partial charge is 0.170 e. The van der Waals surface area contributed by atoms with Gasteiger partial charge in [0, 0.05) is 41.0 Å². The molecule has 0 spiro atoms. The summed E-state index contributed by atoms with van der Waals surface area (Å²) in [5.41, 5.74) is 6.10. The Hall–Kier alpha value is -1.60. The third kappa shape index (κ3) is 5.58. The Morgan fingerprint density at radius 1 is 1.50 bits per heavy atom. The van der Waals surface area contributed by atoms with E-state index in [9.17, 15) is 4.21 Å². The van der Waals surface area contributed by atoms with Crippen molar-refractivity contribution in [2.45, 2.75) is 12.2 Å². The summed E-state index contributed by atoms with van der Waals surface area (Å²) in [6.07, 6.45) is 1.70. The van der Waals surface area contributed by atoms with Crippen LogP contribution in [0.25, 0.3) is 0 Å². The molecule has 2 unspecified atom stereocenters. The fraction of sp³-hybridized carbons (Fsp3) is 0.462. The molecular weight excluding hydrogens is 278 g/mol. The monoisotopic (exact) mass is 299 g/mol. The van der Waals surface area contributed by atoms with Crippen LogP contribution in [-0.4, -0.2) is 46.5 Å². The fourth-order valence-electron chi connectivity index (χ4n) is 1.44. The summed E-state index contributed by atoms with van der Waals surface area (Å²) in [5, 5.41) is 14.8. The maximum atomic E-state index is 11.1. The number of amidine groups is 1. The van der Waals surface area contributed by atoms with E-state index in [-0.39, 0.29) is 11.1 Å². The van der Waals surface area contributed by atoms with E-state index >= 15 is 0 Å². The second-order valence-corrected chi connectivity index (χ2v) is 6.17. The highest BCUT2D eigenvalue weighted by atomic mass is 32.2. The second-order valence-electron chi connectivity index (χ2n) is 4.37. The van der Waals surface area contributed by atoms with Gasteiger partial charge in [-0.3, -0.25) is 4.21 Å². The third-order valence-corrected chi connectivity index (χ3v) is 4.10. The summed E-state index contributed by atoms with van der Waals surface area (Å²) >= 11 is 0. The number of hydrogen-bond donors (Lipinski definition) is 3. The number of hydrogen-bond acceptors (Lipinski definition) is 5. The molecular formula is C13H21N3O3S. The molecule has 0 radical (unpaired) electrons. The van der Waals surface area contributed by atoms with Crippen molar-refractivity contribution in [2.75, 3.05) is 26.0 Å². The van der Waals surface area contributed by atoms with Gasteiger partial charge in [0.1, 0.15) is 12.4 Å². The molecule has 112 valence electrons. The average molecular weight is 299 g/mol. The summed E-state index contributed by atoms with van der Waals surface area (Å²) in [6, 6.07) is 6.97. The van der Waals surface area contributed by atoms with Crippen molar-refractivity contribution in [3.8, 4) is 5.75 Å². The van der Waals surface area contributed by atoms with Crippen LogP contribution in [-0.2, 0) is 10.8 Å². The molecule has 4 N–H and O–H groups in total. The van der Waals surface area contributed by atoms with Crippen LogP contribution < -0.4 is 15.8 Å². The average Bonchev–Trinajstić information content (AvgIpc) is 2.46. The highest BCUT2D eigenvalue weighted by Gasteiger charge is 2.04. The summed E-state index contributed by atoms with van der Waals surface area (Å²) in [4.78, 5) is 0. The Balaban J connectivity index is 2.27. The SMILES string of the molecule is CC(CNCCOc1ccc(/C(N)=N/O)cc1)S(C)=O. The minimum Gasteiger partial charge on any atom is -0.492 e. The Labute approximate surface area is 121 Å². The van der Waals surface area contributed by atoms with Gasteiger partial charge in [-0.2, -0.15) is 0 Å². The van der Waals surface area contributed by atoms with Crippen LogP contribution in [0.3, 0.4) is 0 Å². The zero-order valence-corrected chi connectivity index (χ0v) is 12.5. The lowest BCUT2D eigenvalue weighted by Crippen LogP contribution is -2.30. The van der Waals surface area contributed by atoms with Crippen molar-refractivity contribution >= 4 is 16.6 Å². The van der Waals surface area contributed by atoms with Gasteiger partial charge in [0.05, 0.1) is 0 Å². The minimum absolute atomic E-state index is 0.0692. The van der Waals surface area contributed by atoms with Gasteiger partial charge in [-0.1, -0.05) is 5.16 Å². The van der Waals surface area contributed by atoms with E-state index in [1.807, 2.05) is 6.92 Å². The van der Waals surface area contributed by atoms with E-state index in [1.54, 1.807) is 30.5 Å². The number of rotatable bonds is 8. The van der Waals surface area contributed by atoms with E-state index in [0.717, 1.165) is 0 Å². The van der Waals surface area contributed by atoms with E-state index in [1.165, 1.54) is 0 Å². The number of nitrogens with zero attached hydrogens (tertiary/aromatic N) is 1. The predicted octanol–water partition coefficient (Wildman–Crippen LogP) is 0.517. The Morgan fingerprint density at radius 3 is 2.70 bits per heavy atom. The molecule has 1 aromatic carbocycles. The first-order valence-electron chi connectivity index (χ1n) is 6.28. The molecule has 0 aromatic heterocycles. The van der Waals surface area contributed by atoms with Crippen molar-refractivity contribution < 1.29 is 14.2 Å². The van der Waals surface area contributed by atoms with E-state index < -0.39 is 10.8 Å². The molecule has 0 amide bonds. The van der Waals surface area contributed by atoms with Crippen molar-refractivity contribution in [3.05, 3.63) is 29.8 Å². The maximum Gasteiger partial charge on any atom is 0.170 e. The van der Waals surface area contributed by atoms with Gasteiger partial charge >= 0.3 is 0 Å². The largest absolute Gasteiger partial charge is 0.492 e. The van der Waals surface area contributed by atoms with Crippen LogP contribution in [0.15, 0.2) is 29.4 Å². The summed E-state index contributed by atoms with van der Waals surface area (Å²) in [5.74, 6) is 0.785. The normalized spacial score (nSPS) is 14.8. The first-order valence-corrected chi connectivity index (χ1v) is 7.90. The van der Waals surface area contributed by atoms with Gasteiger partial charge in [-0.15, -0.1) is 0 Å². The molecule has 0 bridgehead atoms. The van der Waals surface area contributed by atoms with E-state index in [2.05, 4.69) is 10.5 Å². The van der Waals surface area contributed by atoms with Gasteiger partial charge in [0.2, 0.25) is 0 Å². The second kappa shape index (κ2) is 8.55. The fourth-order valence-corrected chi connectivity index (χ4v) is 1.80. The van der Waals surface area contributed by atoms with E-state index in [4.69, 9.17) is 15.7 Å². The van der Waals surface area contributed by atoms with Gasteiger partial charge < -0.3 is 21.0 Å². The molecule has 2 atom stereocenters. The molecule has 0 aliphatic carbocycles. The lowest BCUT2D eigenvalue weighted by molar-refractivity contribution is 0.314. The first kappa shape index (κ1) is 16.5. The molecule has 0 saturated heterocycles. The maximum absolute atomic E-state index is 11.1. The van der Waals surface area contributed by atoms with Gasteiger partial charge in [-0.05, 0) is 31.2 Å². The van der Waals surface area contributed by atoms with Gasteiger partial charge in [-0.25, -0.2) is 0 Å². The third-order valence-electron chi connectivity index (χ3n) is 2.80. The Bertz CT molecular complexity index is 462. The summed E-state index contributed by atoms with van der Waals surface area (Å²) in [7, 11) is -0.807. The molecule has 0 heterocycles. The lowest BCUT2D eigenvalue weighted by atomic mass is 10.2. The zero-order valence-electron chi connectivity index (χ0n) is 11.7. The molecule has 1 rings (SSSR count). The van der Waals surface area contributed by atoms with Crippen LogP contribution in [0.5, 0.6) is 5.75 Å². The number of benzene rings is 1. The molecule has 6 nitrogen and oxygen atoms in total. The number of nitrogens with one attached hydrogen (secondary N) is 1. The first-order chi connectivity index (χ1) is 9.54. The van der Waals surface area contributed by atoms with Crippen molar-refractivity contribution in [1.29, 1.82) is 0 Å². The van der Waals surface area contributed by atoms with Crippen LogP contribution in [0.1, 0.15) is 12.5 Å². The minimum atomic E-state index is -0.807. The molecule has 0 saturated carbocycles. The molecule has 0 aliphatic heterocycles. The quantitative estimate of drug-likeness (QED) is 0.214. The van der Waals surface area contributed by atoms with Gasteiger partial charge in [0.15, 0.2) is 5.84 Å². The summed E-state index contributed by atoms with van der Waals surface area (Å²) < 4.78 is 16.7.